The molecule has 0 saturated heterocycles. The predicted octanol–water partition coefficient (Wildman–Crippen LogP) is 0.416. The first-order valence-corrected chi connectivity index (χ1v) is 6.63. The van der Waals surface area contributed by atoms with Crippen LogP contribution in [0.2, 0.25) is 0 Å². The molecule has 0 bridgehead atoms. The summed E-state index contributed by atoms with van der Waals surface area (Å²) in [6.07, 6.45) is 0. The van der Waals surface area contributed by atoms with Gasteiger partial charge in [0.25, 0.3) is 10.2 Å². The van der Waals surface area contributed by atoms with Gasteiger partial charge in [-0.1, -0.05) is 13.0 Å². The van der Waals surface area contributed by atoms with E-state index < -0.39 is 22.8 Å². The highest BCUT2D eigenvalue weighted by atomic mass is 32.2. The number of benzene rings is 1. The van der Waals surface area contributed by atoms with Gasteiger partial charge < -0.3 is 9.84 Å². The molecule has 0 spiro atoms. The third-order valence-electron chi connectivity index (χ3n) is 1.78. The van der Waals surface area contributed by atoms with Crippen LogP contribution in [0.5, 0.6) is 5.75 Å². The zero-order valence-electron chi connectivity index (χ0n) is 9.71. The Labute approximate surface area is 105 Å². The van der Waals surface area contributed by atoms with Crippen LogP contribution in [0.3, 0.4) is 0 Å². The molecule has 7 nitrogen and oxygen atoms in total. The Bertz CT molecular complexity index is 515. The summed E-state index contributed by atoms with van der Waals surface area (Å²) in [5.74, 6) is -0.831. The van der Waals surface area contributed by atoms with Crippen molar-refractivity contribution in [1.82, 2.24) is 4.72 Å². The number of rotatable bonds is 7. The second-order valence-corrected chi connectivity index (χ2v) is 4.81. The summed E-state index contributed by atoms with van der Waals surface area (Å²) in [5, 5.41) is 8.45. The fraction of sp³-hybridized carbons (Fsp3) is 0.300. The summed E-state index contributed by atoms with van der Waals surface area (Å²) in [7, 11) is -3.60. The first-order chi connectivity index (χ1) is 8.43. The Balaban J connectivity index is 2.73. The van der Waals surface area contributed by atoms with Crippen LogP contribution >= 0.6 is 0 Å². The minimum Gasteiger partial charge on any atom is -0.482 e. The summed E-state index contributed by atoms with van der Waals surface area (Å²) in [6.45, 7) is 1.44. The third-order valence-corrected chi connectivity index (χ3v) is 2.96. The van der Waals surface area contributed by atoms with Crippen molar-refractivity contribution in [2.24, 2.45) is 0 Å². The van der Waals surface area contributed by atoms with Crippen molar-refractivity contribution in [3.63, 3.8) is 0 Å². The standard InChI is InChI=1S/C10H14N2O5S/c1-2-11-18(15,16)12-8-4-3-5-9(6-8)17-7-10(13)14/h3-6,11-12H,2,7H2,1H3,(H,13,14). The average Bonchev–Trinajstić information content (AvgIpc) is 2.26. The molecule has 1 rings (SSSR count). The maximum Gasteiger partial charge on any atom is 0.341 e. The van der Waals surface area contributed by atoms with Gasteiger partial charge in [-0.25, -0.2) is 4.79 Å². The summed E-state index contributed by atoms with van der Waals surface area (Å²) >= 11 is 0. The fourth-order valence-electron chi connectivity index (χ4n) is 1.18. The van der Waals surface area contributed by atoms with E-state index in [1.54, 1.807) is 13.0 Å². The number of carbonyl (C=O) groups is 1. The van der Waals surface area contributed by atoms with E-state index >= 15 is 0 Å². The lowest BCUT2D eigenvalue weighted by atomic mass is 10.3. The first-order valence-electron chi connectivity index (χ1n) is 5.15. The lowest BCUT2D eigenvalue weighted by Crippen LogP contribution is -2.29. The Morgan fingerprint density at radius 1 is 1.44 bits per heavy atom. The van der Waals surface area contributed by atoms with E-state index in [1.807, 2.05) is 0 Å². The molecular weight excluding hydrogens is 260 g/mol. The van der Waals surface area contributed by atoms with Gasteiger partial charge in [0.1, 0.15) is 5.75 Å². The van der Waals surface area contributed by atoms with Gasteiger partial charge in [-0.2, -0.15) is 13.1 Å². The Kier molecular flexibility index (Phi) is 4.93. The maximum absolute atomic E-state index is 11.4. The number of ether oxygens (including phenoxy) is 1. The van der Waals surface area contributed by atoms with Gasteiger partial charge >= 0.3 is 5.97 Å². The highest BCUT2D eigenvalue weighted by molar-refractivity contribution is 7.90. The topological polar surface area (TPSA) is 105 Å². The van der Waals surface area contributed by atoms with Crippen molar-refractivity contribution in [3.8, 4) is 5.75 Å². The van der Waals surface area contributed by atoms with E-state index in [0.29, 0.717) is 5.69 Å². The van der Waals surface area contributed by atoms with Crippen molar-refractivity contribution < 1.29 is 23.1 Å². The molecule has 0 unspecified atom stereocenters. The van der Waals surface area contributed by atoms with Crippen LogP contribution in [0.15, 0.2) is 24.3 Å². The van der Waals surface area contributed by atoms with Gasteiger partial charge in [0.05, 0.1) is 5.69 Å². The van der Waals surface area contributed by atoms with Crippen LogP contribution in [-0.4, -0.2) is 32.6 Å². The highest BCUT2D eigenvalue weighted by Gasteiger charge is 2.08. The van der Waals surface area contributed by atoms with Gasteiger partial charge in [-0.3, -0.25) is 4.72 Å². The Morgan fingerprint density at radius 2 is 2.17 bits per heavy atom. The van der Waals surface area contributed by atoms with Crippen molar-refractivity contribution in [2.75, 3.05) is 17.9 Å². The quantitative estimate of drug-likeness (QED) is 0.668. The van der Waals surface area contributed by atoms with E-state index in [9.17, 15) is 13.2 Å². The highest BCUT2D eigenvalue weighted by Crippen LogP contribution is 2.17. The molecule has 100 valence electrons. The number of hydrogen-bond acceptors (Lipinski definition) is 4. The molecule has 0 aliphatic rings. The molecule has 1 aromatic rings. The van der Waals surface area contributed by atoms with E-state index in [0.717, 1.165) is 0 Å². The summed E-state index contributed by atoms with van der Waals surface area (Å²) in [5.41, 5.74) is 0.291. The average molecular weight is 274 g/mol. The summed E-state index contributed by atoms with van der Waals surface area (Å²) in [4.78, 5) is 10.3. The minimum absolute atomic E-state index is 0.268. The van der Waals surface area contributed by atoms with Crippen LogP contribution in [-0.2, 0) is 15.0 Å². The SMILES string of the molecule is CCNS(=O)(=O)Nc1cccc(OCC(=O)O)c1. The number of carboxylic acid groups (broad SMARTS) is 1. The van der Waals surface area contributed by atoms with E-state index in [4.69, 9.17) is 9.84 Å². The molecule has 0 saturated carbocycles. The molecule has 0 atom stereocenters. The number of aliphatic carboxylic acids is 1. The molecule has 0 heterocycles. The van der Waals surface area contributed by atoms with Crippen LogP contribution in [0.1, 0.15) is 6.92 Å². The lowest BCUT2D eigenvalue weighted by Gasteiger charge is -2.09. The molecule has 3 N–H and O–H groups in total. The molecule has 0 aromatic heterocycles. The third kappa shape index (κ3) is 5.02. The van der Waals surface area contributed by atoms with Gasteiger partial charge in [-0.05, 0) is 12.1 Å². The molecule has 0 aliphatic carbocycles. The smallest absolute Gasteiger partial charge is 0.341 e. The molecular formula is C10H14N2O5S. The zero-order chi connectivity index (χ0) is 13.6. The van der Waals surface area contributed by atoms with E-state index in [1.165, 1.54) is 18.2 Å². The van der Waals surface area contributed by atoms with Crippen molar-refractivity contribution in [3.05, 3.63) is 24.3 Å². The van der Waals surface area contributed by atoms with Crippen molar-refractivity contribution in [1.29, 1.82) is 0 Å². The molecule has 0 fully saturated rings. The van der Waals surface area contributed by atoms with Gasteiger partial charge in [-0.15, -0.1) is 0 Å². The van der Waals surface area contributed by atoms with Crippen molar-refractivity contribution >= 4 is 21.9 Å². The predicted molar refractivity (Wildman–Crippen MR) is 65.8 cm³/mol. The maximum atomic E-state index is 11.4. The zero-order valence-corrected chi connectivity index (χ0v) is 10.5. The summed E-state index contributed by atoms with van der Waals surface area (Å²) < 4.78 is 32.3. The number of anilines is 1. The Morgan fingerprint density at radius 3 is 2.78 bits per heavy atom. The largest absolute Gasteiger partial charge is 0.482 e. The second-order valence-electron chi connectivity index (χ2n) is 3.31. The van der Waals surface area contributed by atoms with Gasteiger partial charge in [0.15, 0.2) is 6.61 Å². The van der Waals surface area contributed by atoms with Gasteiger partial charge in [0.2, 0.25) is 0 Å². The number of hydrogen-bond donors (Lipinski definition) is 3. The number of nitrogens with one attached hydrogen (secondary N) is 2. The van der Waals surface area contributed by atoms with Gasteiger partial charge in [0, 0.05) is 12.6 Å². The second kappa shape index (κ2) is 6.22. The number of carboxylic acids is 1. The molecule has 0 amide bonds. The van der Waals surface area contributed by atoms with Crippen LogP contribution in [0.25, 0.3) is 0 Å². The molecule has 0 aliphatic heterocycles. The van der Waals surface area contributed by atoms with Crippen LogP contribution < -0.4 is 14.2 Å². The lowest BCUT2D eigenvalue weighted by molar-refractivity contribution is -0.139. The summed E-state index contributed by atoms with van der Waals surface area (Å²) in [6, 6.07) is 6.02. The van der Waals surface area contributed by atoms with Crippen LogP contribution in [0.4, 0.5) is 5.69 Å². The van der Waals surface area contributed by atoms with E-state index in [2.05, 4.69) is 9.44 Å². The van der Waals surface area contributed by atoms with Crippen LogP contribution in [0, 0.1) is 0 Å². The normalized spacial score (nSPS) is 10.9. The van der Waals surface area contributed by atoms with E-state index in [-0.39, 0.29) is 12.3 Å². The molecule has 0 radical (unpaired) electrons. The molecule has 1 aromatic carbocycles. The molecule has 8 heteroatoms. The molecule has 18 heavy (non-hydrogen) atoms. The monoisotopic (exact) mass is 274 g/mol. The van der Waals surface area contributed by atoms with Crippen molar-refractivity contribution in [2.45, 2.75) is 6.92 Å². The first kappa shape index (κ1) is 14.3. The minimum atomic E-state index is -3.60. The fourth-order valence-corrected chi connectivity index (χ4v) is 2.07. The Hall–Kier alpha value is -1.80.